The summed E-state index contributed by atoms with van der Waals surface area (Å²) < 4.78 is 0. The highest BCUT2D eigenvalue weighted by Crippen LogP contribution is 2.41. The first-order chi connectivity index (χ1) is 14.5. The van der Waals surface area contributed by atoms with Gasteiger partial charge in [0, 0.05) is 10.6 Å². The number of benzene rings is 3. The van der Waals surface area contributed by atoms with E-state index in [1.54, 1.807) is 6.07 Å². The molecule has 5 heteroatoms. The summed E-state index contributed by atoms with van der Waals surface area (Å²) in [6.07, 6.45) is 0.947. The van der Waals surface area contributed by atoms with E-state index in [2.05, 4.69) is 0 Å². The van der Waals surface area contributed by atoms with Crippen molar-refractivity contribution in [2.45, 2.75) is 31.8 Å². The molecule has 3 aromatic rings. The molecule has 3 aromatic carbocycles. The molecular weight excluding hydrogens is 398 g/mol. The number of carboxylic acid groups (broad SMARTS) is 1. The Hall–Kier alpha value is -3.11. The van der Waals surface area contributed by atoms with Crippen molar-refractivity contribution in [3.05, 3.63) is 94.5 Å². The third kappa shape index (κ3) is 3.71. The Bertz CT molecular complexity index is 1100. The van der Waals surface area contributed by atoms with Gasteiger partial charge >= 0.3 is 5.97 Å². The highest BCUT2D eigenvalue weighted by molar-refractivity contribution is 6.31. The number of carbonyl (C=O) groups is 2. The number of carbonyl (C=O) groups excluding carboxylic acids is 1. The molecule has 1 aliphatic rings. The molecule has 2 atom stereocenters. The van der Waals surface area contributed by atoms with E-state index in [-0.39, 0.29) is 11.9 Å². The van der Waals surface area contributed by atoms with Crippen LogP contribution in [0.3, 0.4) is 0 Å². The molecule has 4 nitrogen and oxygen atoms in total. The number of halogens is 1. The third-order valence-corrected chi connectivity index (χ3v) is 6.00. The van der Waals surface area contributed by atoms with Crippen LogP contribution in [0.25, 0.3) is 11.1 Å². The molecule has 0 aliphatic carbocycles. The standard InChI is InChI=1S/C25H22ClNO3/c1-16-11-12-18(17-7-3-2-4-8-17)20(15-16)24(28)27-22(13-14-23(27)25(29)30)19-9-5-6-10-21(19)26/h2-12,15,22-23H,13-14H2,1H3,(H,29,30). The van der Waals surface area contributed by atoms with Crippen LogP contribution in [-0.4, -0.2) is 27.9 Å². The summed E-state index contributed by atoms with van der Waals surface area (Å²) in [5, 5.41) is 10.4. The molecule has 1 saturated heterocycles. The molecule has 1 fully saturated rings. The third-order valence-electron chi connectivity index (χ3n) is 5.66. The van der Waals surface area contributed by atoms with Gasteiger partial charge < -0.3 is 10.0 Å². The van der Waals surface area contributed by atoms with Crippen molar-refractivity contribution < 1.29 is 14.7 Å². The molecule has 1 amide bonds. The lowest BCUT2D eigenvalue weighted by molar-refractivity contribution is -0.141. The lowest BCUT2D eigenvalue weighted by atomic mass is 9.96. The van der Waals surface area contributed by atoms with Gasteiger partial charge in [-0.1, -0.05) is 77.8 Å². The topological polar surface area (TPSA) is 57.6 Å². The van der Waals surface area contributed by atoms with Crippen LogP contribution < -0.4 is 0 Å². The number of carboxylic acids is 1. The van der Waals surface area contributed by atoms with Gasteiger partial charge in [-0.3, -0.25) is 4.79 Å². The average Bonchev–Trinajstić information content (AvgIpc) is 3.19. The minimum atomic E-state index is -0.994. The molecule has 0 bridgehead atoms. The van der Waals surface area contributed by atoms with Crippen LogP contribution in [0.15, 0.2) is 72.8 Å². The van der Waals surface area contributed by atoms with E-state index < -0.39 is 12.0 Å². The van der Waals surface area contributed by atoms with Crippen molar-refractivity contribution in [1.29, 1.82) is 0 Å². The number of nitrogens with zero attached hydrogens (tertiary/aromatic N) is 1. The van der Waals surface area contributed by atoms with Crippen LogP contribution >= 0.6 is 11.6 Å². The number of amides is 1. The first-order valence-electron chi connectivity index (χ1n) is 9.93. The predicted molar refractivity (Wildman–Crippen MR) is 118 cm³/mol. The van der Waals surface area contributed by atoms with E-state index in [4.69, 9.17) is 11.6 Å². The van der Waals surface area contributed by atoms with E-state index in [0.717, 1.165) is 22.3 Å². The van der Waals surface area contributed by atoms with Gasteiger partial charge in [-0.15, -0.1) is 0 Å². The minimum absolute atomic E-state index is 0.285. The van der Waals surface area contributed by atoms with Gasteiger partial charge in [-0.25, -0.2) is 4.79 Å². The molecule has 0 radical (unpaired) electrons. The maximum absolute atomic E-state index is 13.8. The van der Waals surface area contributed by atoms with Crippen LogP contribution in [0.1, 0.15) is 40.4 Å². The summed E-state index contributed by atoms with van der Waals surface area (Å²) in [5.41, 5.74) is 3.94. The van der Waals surface area contributed by atoms with E-state index in [1.165, 1.54) is 4.90 Å². The molecule has 4 rings (SSSR count). The highest BCUT2D eigenvalue weighted by atomic mass is 35.5. The van der Waals surface area contributed by atoms with Crippen LogP contribution in [0.4, 0.5) is 0 Å². The Morgan fingerprint density at radius 3 is 2.37 bits per heavy atom. The van der Waals surface area contributed by atoms with E-state index in [9.17, 15) is 14.7 Å². The molecule has 1 aliphatic heterocycles. The molecule has 1 N–H and O–H groups in total. The van der Waals surface area contributed by atoms with E-state index >= 15 is 0 Å². The molecule has 0 aromatic heterocycles. The quantitative estimate of drug-likeness (QED) is 0.586. The van der Waals surface area contributed by atoms with Crippen molar-refractivity contribution in [2.24, 2.45) is 0 Å². The van der Waals surface area contributed by atoms with Gasteiger partial charge in [0.1, 0.15) is 6.04 Å². The maximum atomic E-state index is 13.8. The number of aliphatic carboxylic acids is 1. The number of rotatable bonds is 4. The van der Waals surface area contributed by atoms with Crippen molar-refractivity contribution in [2.75, 3.05) is 0 Å². The van der Waals surface area contributed by atoms with Crippen molar-refractivity contribution in [1.82, 2.24) is 4.90 Å². The Kier molecular flexibility index (Phi) is 5.60. The van der Waals surface area contributed by atoms with Crippen molar-refractivity contribution >= 4 is 23.5 Å². The van der Waals surface area contributed by atoms with E-state index in [0.29, 0.717) is 23.4 Å². The number of likely N-dealkylation sites (tertiary alicyclic amines) is 1. The summed E-state index contributed by atoms with van der Waals surface area (Å²) in [6, 6.07) is 21.5. The summed E-state index contributed by atoms with van der Waals surface area (Å²) in [7, 11) is 0. The summed E-state index contributed by atoms with van der Waals surface area (Å²) in [5.74, 6) is -1.28. The molecule has 0 saturated carbocycles. The summed E-state index contributed by atoms with van der Waals surface area (Å²) in [6.45, 7) is 1.93. The summed E-state index contributed by atoms with van der Waals surface area (Å²) in [4.78, 5) is 27.3. The zero-order chi connectivity index (χ0) is 21.3. The van der Waals surface area contributed by atoms with Crippen LogP contribution in [0.5, 0.6) is 0 Å². The smallest absolute Gasteiger partial charge is 0.326 e. The normalized spacial score (nSPS) is 18.4. The molecule has 152 valence electrons. The molecule has 2 unspecified atom stereocenters. The largest absolute Gasteiger partial charge is 0.480 e. The Labute approximate surface area is 180 Å². The van der Waals surface area contributed by atoms with Gasteiger partial charge in [0.15, 0.2) is 0 Å². The van der Waals surface area contributed by atoms with Gasteiger partial charge in [0.2, 0.25) is 0 Å². The van der Waals surface area contributed by atoms with Crippen molar-refractivity contribution in [3.8, 4) is 11.1 Å². The number of hydrogen-bond acceptors (Lipinski definition) is 2. The lowest BCUT2D eigenvalue weighted by Gasteiger charge is -2.30. The van der Waals surface area contributed by atoms with Gasteiger partial charge in [0.05, 0.1) is 6.04 Å². The minimum Gasteiger partial charge on any atom is -0.480 e. The number of aryl methyl sites for hydroxylation is 1. The van der Waals surface area contributed by atoms with Crippen molar-refractivity contribution in [3.63, 3.8) is 0 Å². The second-order valence-electron chi connectivity index (χ2n) is 7.60. The zero-order valence-corrected chi connectivity index (χ0v) is 17.3. The monoisotopic (exact) mass is 419 g/mol. The average molecular weight is 420 g/mol. The van der Waals surface area contributed by atoms with Crippen LogP contribution in [-0.2, 0) is 4.79 Å². The molecule has 1 heterocycles. The first kappa shape index (κ1) is 20.2. The van der Waals surface area contributed by atoms with Crippen LogP contribution in [0, 0.1) is 6.92 Å². The maximum Gasteiger partial charge on any atom is 0.326 e. The Morgan fingerprint density at radius 1 is 0.967 bits per heavy atom. The fourth-order valence-corrected chi connectivity index (χ4v) is 4.49. The fourth-order valence-electron chi connectivity index (χ4n) is 4.23. The van der Waals surface area contributed by atoms with Crippen LogP contribution in [0.2, 0.25) is 5.02 Å². The highest BCUT2D eigenvalue weighted by Gasteiger charge is 2.43. The second-order valence-corrected chi connectivity index (χ2v) is 8.00. The SMILES string of the molecule is Cc1ccc(-c2ccccc2)c(C(=O)N2C(C(=O)O)CCC2c2ccccc2Cl)c1. The Balaban J connectivity index is 1.83. The van der Waals surface area contributed by atoms with Gasteiger partial charge in [-0.05, 0) is 48.6 Å². The van der Waals surface area contributed by atoms with Gasteiger partial charge in [-0.2, -0.15) is 0 Å². The Morgan fingerprint density at radius 2 is 1.67 bits per heavy atom. The van der Waals surface area contributed by atoms with E-state index in [1.807, 2.05) is 73.7 Å². The summed E-state index contributed by atoms with van der Waals surface area (Å²) >= 11 is 6.41. The predicted octanol–water partition coefficient (Wildman–Crippen LogP) is 5.75. The molecule has 30 heavy (non-hydrogen) atoms. The second kappa shape index (κ2) is 8.33. The number of hydrogen-bond donors (Lipinski definition) is 1. The molecular formula is C25H22ClNO3. The van der Waals surface area contributed by atoms with Gasteiger partial charge in [0.25, 0.3) is 5.91 Å². The first-order valence-corrected chi connectivity index (χ1v) is 10.3. The molecule has 0 spiro atoms. The fraction of sp³-hybridized carbons (Fsp3) is 0.200. The zero-order valence-electron chi connectivity index (χ0n) is 16.6. The lowest BCUT2D eigenvalue weighted by Crippen LogP contribution is -2.42.